The molecule has 1 atom stereocenters. The van der Waals surface area contributed by atoms with E-state index in [2.05, 4.69) is 20.4 Å². The van der Waals surface area contributed by atoms with Gasteiger partial charge in [-0.3, -0.25) is 14.8 Å². The summed E-state index contributed by atoms with van der Waals surface area (Å²) in [6, 6.07) is 6.66. The van der Waals surface area contributed by atoms with E-state index in [1.54, 1.807) is 0 Å². The van der Waals surface area contributed by atoms with Gasteiger partial charge in [0.05, 0.1) is 5.52 Å². The van der Waals surface area contributed by atoms with Crippen LogP contribution < -0.4 is 5.32 Å². The maximum absolute atomic E-state index is 12.5. The molecule has 1 aromatic heterocycles. The number of hydrogen-bond acceptors (Lipinski definition) is 4. The van der Waals surface area contributed by atoms with Gasteiger partial charge in [0.1, 0.15) is 0 Å². The van der Waals surface area contributed by atoms with Crippen LogP contribution in [0.15, 0.2) is 18.2 Å². The first-order valence-corrected chi connectivity index (χ1v) is 9.25. The molecule has 2 fully saturated rings. The molecule has 6 heteroatoms. The maximum Gasteiger partial charge on any atom is 0.272 e. The van der Waals surface area contributed by atoms with E-state index in [4.69, 9.17) is 4.74 Å². The van der Waals surface area contributed by atoms with E-state index in [1.165, 1.54) is 0 Å². The second-order valence-corrected chi connectivity index (χ2v) is 7.32. The van der Waals surface area contributed by atoms with Gasteiger partial charge >= 0.3 is 0 Å². The maximum atomic E-state index is 12.5. The Labute approximate surface area is 147 Å². The lowest BCUT2D eigenvalue weighted by molar-refractivity contribution is 0.0411. The van der Waals surface area contributed by atoms with Gasteiger partial charge in [-0.15, -0.1) is 0 Å². The van der Waals surface area contributed by atoms with Crippen molar-refractivity contribution in [3.05, 3.63) is 29.5 Å². The molecule has 2 aromatic rings. The average Bonchev–Trinajstić information content (AvgIpc) is 3.27. The van der Waals surface area contributed by atoms with Gasteiger partial charge in [-0.2, -0.15) is 5.10 Å². The van der Waals surface area contributed by atoms with Gasteiger partial charge in [-0.25, -0.2) is 0 Å². The molecule has 0 radical (unpaired) electrons. The monoisotopic (exact) mass is 342 g/mol. The minimum atomic E-state index is -0.0821. The van der Waals surface area contributed by atoms with Crippen molar-refractivity contribution in [1.29, 1.82) is 0 Å². The van der Waals surface area contributed by atoms with Crippen LogP contribution in [0.1, 0.15) is 35.3 Å². The summed E-state index contributed by atoms with van der Waals surface area (Å²) >= 11 is 0. The highest BCUT2D eigenvalue weighted by Gasteiger charge is 2.29. The summed E-state index contributed by atoms with van der Waals surface area (Å²) in [5.41, 5.74) is 2.53. The highest BCUT2D eigenvalue weighted by molar-refractivity contribution is 6.04. The Morgan fingerprint density at radius 1 is 1.36 bits per heavy atom. The fraction of sp³-hybridized carbons (Fsp3) is 0.579. The number of carbonyl (C=O) groups is 1. The molecule has 1 aromatic carbocycles. The van der Waals surface area contributed by atoms with Crippen LogP contribution in [0, 0.1) is 12.8 Å². The third-order valence-corrected chi connectivity index (χ3v) is 5.51. The van der Waals surface area contributed by atoms with Gasteiger partial charge in [0.2, 0.25) is 0 Å². The van der Waals surface area contributed by atoms with Crippen LogP contribution in [0.25, 0.3) is 10.9 Å². The van der Waals surface area contributed by atoms with Crippen LogP contribution in [0.3, 0.4) is 0 Å². The first kappa shape index (κ1) is 16.5. The van der Waals surface area contributed by atoms with E-state index in [-0.39, 0.29) is 5.91 Å². The molecule has 0 bridgehead atoms. The lowest BCUT2D eigenvalue weighted by Crippen LogP contribution is -2.39. The number of carbonyl (C=O) groups excluding carboxylic acids is 1. The summed E-state index contributed by atoms with van der Waals surface area (Å²) in [7, 11) is 0. The molecule has 6 nitrogen and oxygen atoms in total. The summed E-state index contributed by atoms with van der Waals surface area (Å²) in [6.07, 6.45) is 3.42. The lowest BCUT2D eigenvalue weighted by Gasteiger charge is -2.31. The molecule has 2 N–H and O–H groups in total. The number of aromatic nitrogens is 2. The largest absolute Gasteiger partial charge is 0.381 e. The Kier molecular flexibility index (Phi) is 4.72. The van der Waals surface area contributed by atoms with Crippen molar-refractivity contribution in [2.45, 2.75) is 32.2 Å². The molecular formula is C19H26N4O2. The third kappa shape index (κ3) is 3.55. The quantitative estimate of drug-likeness (QED) is 0.893. The topological polar surface area (TPSA) is 70.2 Å². The van der Waals surface area contributed by atoms with Crippen molar-refractivity contribution in [2.24, 2.45) is 5.92 Å². The molecule has 3 heterocycles. The fourth-order valence-electron chi connectivity index (χ4n) is 4.03. The number of H-pyrrole nitrogens is 1. The smallest absolute Gasteiger partial charge is 0.272 e. The van der Waals surface area contributed by atoms with Gasteiger partial charge in [-0.1, -0.05) is 11.6 Å². The number of nitrogens with zero attached hydrogens (tertiary/aromatic N) is 2. The minimum absolute atomic E-state index is 0.0821. The van der Waals surface area contributed by atoms with Gasteiger partial charge in [-0.05, 0) is 50.8 Å². The molecule has 2 aliphatic heterocycles. The van der Waals surface area contributed by atoms with E-state index in [1.807, 2.05) is 25.1 Å². The number of hydrogen-bond donors (Lipinski definition) is 2. The van der Waals surface area contributed by atoms with Gasteiger partial charge in [0.15, 0.2) is 5.69 Å². The van der Waals surface area contributed by atoms with Crippen LogP contribution in [0.4, 0.5) is 0 Å². The molecule has 1 unspecified atom stereocenters. The van der Waals surface area contributed by atoms with Crippen molar-refractivity contribution in [3.8, 4) is 0 Å². The molecule has 0 spiro atoms. The number of benzene rings is 1. The fourth-order valence-corrected chi connectivity index (χ4v) is 4.03. The van der Waals surface area contributed by atoms with Crippen LogP contribution in [-0.4, -0.2) is 59.9 Å². The van der Waals surface area contributed by atoms with E-state index in [0.717, 1.165) is 68.6 Å². The van der Waals surface area contributed by atoms with Crippen LogP contribution in [-0.2, 0) is 4.74 Å². The molecule has 1 amide bonds. The standard InChI is InChI=1S/C19H26N4O2/c1-13-2-3-17-16(10-13)18(22-21-17)19(24)20-11-14-4-7-23(12-14)15-5-8-25-9-6-15/h2-3,10,14-15H,4-9,11-12H2,1H3,(H,20,24)(H,21,22). The first-order valence-electron chi connectivity index (χ1n) is 9.25. The number of amides is 1. The Morgan fingerprint density at radius 2 is 2.20 bits per heavy atom. The average molecular weight is 342 g/mol. The molecule has 0 aliphatic carbocycles. The van der Waals surface area contributed by atoms with Crippen molar-refractivity contribution in [2.75, 3.05) is 32.8 Å². The van der Waals surface area contributed by atoms with E-state index < -0.39 is 0 Å². The number of rotatable bonds is 4. The van der Waals surface area contributed by atoms with E-state index in [0.29, 0.717) is 17.7 Å². The van der Waals surface area contributed by atoms with Crippen molar-refractivity contribution in [3.63, 3.8) is 0 Å². The summed E-state index contributed by atoms with van der Waals surface area (Å²) in [6.45, 7) is 6.72. The number of aryl methyl sites for hydroxylation is 1. The second-order valence-electron chi connectivity index (χ2n) is 7.32. The number of nitrogens with one attached hydrogen (secondary N) is 2. The molecule has 0 saturated carbocycles. The van der Waals surface area contributed by atoms with E-state index >= 15 is 0 Å². The van der Waals surface area contributed by atoms with Crippen LogP contribution >= 0.6 is 0 Å². The van der Waals surface area contributed by atoms with Crippen LogP contribution in [0.5, 0.6) is 0 Å². The molecule has 134 valence electrons. The zero-order valence-electron chi connectivity index (χ0n) is 14.8. The highest BCUT2D eigenvalue weighted by Crippen LogP contribution is 2.23. The first-order chi connectivity index (χ1) is 12.2. The van der Waals surface area contributed by atoms with Gasteiger partial charge < -0.3 is 10.1 Å². The Hall–Kier alpha value is -1.92. The summed E-state index contributed by atoms with van der Waals surface area (Å²) < 4.78 is 5.46. The van der Waals surface area contributed by atoms with E-state index in [9.17, 15) is 4.79 Å². The van der Waals surface area contributed by atoms with Crippen molar-refractivity contribution >= 4 is 16.8 Å². The van der Waals surface area contributed by atoms with Crippen LogP contribution in [0.2, 0.25) is 0 Å². The number of fused-ring (bicyclic) bond motifs is 1. The summed E-state index contributed by atoms with van der Waals surface area (Å²) in [5.74, 6) is 0.445. The number of likely N-dealkylation sites (tertiary alicyclic amines) is 1. The zero-order valence-corrected chi connectivity index (χ0v) is 14.8. The van der Waals surface area contributed by atoms with Crippen molar-refractivity contribution < 1.29 is 9.53 Å². The summed E-state index contributed by atoms with van der Waals surface area (Å²) in [5, 5.41) is 11.1. The Bertz CT molecular complexity index is 751. The molecule has 2 saturated heterocycles. The molecule has 25 heavy (non-hydrogen) atoms. The lowest BCUT2D eigenvalue weighted by atomic mass is 10.1. The predicted octanol–water partition coefficient (Wildman–Crippen LogP) is 2.10. The molecule has 2 aliphatic rings. The molecular weight excluding hydrogens is 316 g/mol. The Morgan fingerprint density at radius 3 is 3.04 bits per heavy atom. The second kappa shape index (κ2) is 7.14. The van der Waals surface area contributed by atoms with Crippen molar-refractivity contribution in [1.82, 2.24) is 20.4 Å². The number of ether oxygens (including phenoxy) is 1. The Balaban J connectivity index is 1.33. The summed E-state index contributed by atoms with van der Waals surface area (Å²) in [4.78, 5) is 15.1. The predicted molar refractivity (Wildman–Crippen MR) is 96.7 cm³/mol. The zero-order chi connectivity index (χ0) is 17.2. The molecule has 4 rings (SSSR count). The normalized spacial score (nSPS) is 22.5. The number of aromatic amines is 1. The third-order valence-electron chi connectivity index (χ3n) is 5.51. The van der Waals surface area contributed by atoms with Gasteiger partial charge in [0, 0.05) is 37.7 Å². The SMILES string of the molecule is Cc1ccc2[nH]nc(C(=O)NCC3CCN(C4CCOCC4)C3)c2c1. The van der Waals surface area contributed by atoms with Gasteiger partial charge in [0.25, 0.3) is 5.91 Å². The minimum Gasteiger partial charge on any atom is -0.381 e. The highest BCUT2D eigenvalue weighted by atomic mass is 16.5.